The van der Waals surface area contributed by atoms with E-state index in [2.05, 4.69) is 98.5 Å². The monoisotopic (exact) mass is 990 g/mol. The van der Waals surface area contributed by atoms with E-state index in [0.717, 1.165) is 88.4 Å². The Morgan fingerprint density at radius 3 is 2.01 bits per heavy atom. The number of nitrogen functional groups attached to an aromatic ring is 1. The van der Waals surface area contributed by atoms with Gasteiger partial charge in [-0.15, -0.1) is 6.58 Å². The lowest BCUT2D eigenvalue weighted by molar-refractivity contribution is -0.176. The zero-order chi connectivity index (χ0) is 53.3. The number of aromatic nitrogens is 2. The highest BCUT2D eigenvalue weighted by Gasteiger charge is 2.26. The molecule has 0 amide bonds. The van der Waals surface area contributed by atoms with Crippen LogP contribution in [0.1, 0.15) is 127 Å². The molecule has 2 aromatic rings. The van der Waals surface area contributed by atoms with E-state index in [4.69, 9.17) is 26.1 Å². The molecule has 404 valence electrons. The number of aldehydes is 1. The van der Waals surface area contributed by atoms with Crippen LogP contribution in [0.5, 0.6) is 0 Å². The molecule has 15 nitrogen and oxygen atoms in total. The van der Waals surface area contributed by atoms with Crippen molar-refractivity contribution in [1.82, 2.24) is 30.4 Å². The molecule has 1 aromatic carbocycles. The predicted octanol–water partition coefficient (Wildman–Crippen LogP) is 9.57. The lowest BCUT2D eigenvalue weighted by Crippen LogP contribution is -2.41. The molecule has 1 aromatic heterocycles. The van der Waals surface area contributed by atoms with Crippen molar-refractivity contribution in [2.75, 3.05) is 111 Å². The number of rotatable bonds is 15. The number of halogens is 1. The molecule has 16 heteroatoms. The molecule has 3 saturated heterocycles. The Kier molecular flexibility index (Phi) is 42.6. The maximum atomic E-state index is 14.5. The number of carbonyl (C=O) groups excluding carboxylic acids is 1. The van der Waals surface area contributed by atoms with Gasteiger partial charge in [-0.05, 0) is 153 Å². The van der Waals surface area contributed by atoms with Crippen molar-refractivity contribution in [3.63, 3.8) is 0 Å². The van der Waals surface area contributed by atoms with Gasteiger partial charge in [0.05, 0.1) is 12.3 Å². The number of nitrogens with one attached hydrogen (secondary N) is 3. The number of allylic oxidation sites excluding steroid dienone is 2. The number of hydrogen-bond donors (Lipinski definition) is 7. The van der Waals surface area contributed by atoms with E-state index < -0.39 is 0 Å². The summed E-state index contributed by atoms with van der Waals surface area (Å²) in [6.45, 7) is 25.8. The standard InChI is InChI=1S/C21H31FN2O2.C18H29N5.C7H15N.C3H7N.C2H6O.C2H6.CH4O.H2O2/c1-16-3-7-23(8-4-16)13-17-5-9-24(10-6-17)21-12-19(15-26-2)18(14-25)11-20(21)22;1-13-4-3-5-14(13)6-7-15-12-20-18(22-17(15)19)21-16-8-10-23(2)11-9-16;1-4-5-6-7(2)8-3;1-3-4-2;1-3-2;3*1-2/h11-12,14,16-17H,3-10,13,15H2,1-2H3;6-7,12-14,16H,3-5,8-11H2,1-2H3,(H3,19,20,21,22);4,7-8H,1,5-6H2,2-3H3;3-4H,1H2,2H3;1-2H3;1-2H3;2H,1H3;1-2H/b;7-6-;;;;;;. The third kappa shape index (κ3) is 28.7. The molecule has 4 heterocycles. The van der Waals surface area contributed by atoms with Gasteiger partial charge >= 0.3 is 0 Å². The van der Waals surface area contributed by atoms with Crippen LogP contribution in [0, 0.1) is 29.5 Å². The van der Waals surface area contributed by atoms with Gasteiger partial charge in [0.25, 0.3) is 0 Å². The second-order valence-electron chi connectivity index (χ2n) is 18.1. The van der Waals surface area contributed by atoms with Gasteiger partial charge in [-0.1, -0.05) is 65.3 Å². The average molecular weight is 990 g/mol. The van der Waals surface area contributed by atoms with Crippen molar-refractivity contribution in [3.05, 3.63) is 72.3 Å². The second-order valence-corrected chi connectivity index (χ2v) is 18.1. The molecule has 0 spiro atoms. The quantitative estimate of drug-likeness (QED) is 0.0386. The molecule has 4 fully saturated rings. The summed E-state index contributed by atoms with van der Waals surface area (Å²) in [6, 6.07) is 4.21. The minimum absolute atomic E-state index is 0.310. The van der Waals surface area contributed by atoms with E-state index in [-0.39, 0.29) is 5.82 Å². The van der Waals surface area contributed by atoms with Gasteiger partial charge in [-0.25, -0.2) is 9.37 Å². The number of hydrogen-bond acceptors (Lipinski definition) is 15. The topological polar surface area (TPSA) is 194 Å². The molecule has 6 rings (SSSR count). The van der Waals surface area contributed by atoms with Crippen LogP contribution in [-0.4, -0.2) is 149 Å². The van der Waals surface area contributed by atoms with Gasteiger partial charge < -0.3 is 51.0 Å². The van der Waals surface area contributed by atoms with Gasteiger partial charge in [-0.3, -0.25) is 15.3 Å². The van der Waals surface area contributed by atoms with Crippen molar-refractivity contribution in [2.24, 2.45) is 23.7 Å². The van der Waals surface area contributed by atoms with E-state index in [1.54, 1.807) is 33.6 Å². The van der Waals surface area contributed by atoms with Crippen molar-refractivity contribution in [1.29, 1.82) is 0 Å². The Balaban J connectivity index is 0. The third-order valence-electron chi connectivity index (χ3n) is 12.8. The second kappa shape index (κ2) is 43.8. The van der Waals surface area contributed by atoms with E-state index >= 15 is 0 Å². The SMILES string of the molecule is C=CCCC(C)NC.C=CNC.CC.CC1CCCC1/C=C\c1cnc(NC2CCN(C)CC2)nc1N.CO.COC.COCc1cc(N2CCC(CN3CCC(C)CC3)CC2)c(F)cc1C=O.OO. The van der Waals surface area contributed by atoms with Gasteiger partial charge in [0.1, 0.15) is 11.6 Å². The summed E-state index contributed by atoms with van der Waals surface area (Å²) in [5, 5.41) is 28.3. The number of ether oxygens (including phenoxy) is 2. The summed E-state index contributed by atoms with van der Waals surface area (Å²) in [7, 11) is 11.8. The van der Waals surface area contributed by atoms with Gasteiger partial charge in [0.15, 0.2) is 6.29 Å². The number of aliphatic hydroxyl groups excluding tert-OH is 1. The minimum atomic E-state index is -0.310. The molecule has 3 unspecified atom stereocenters. The molecule has 3 aliphatic heterocycles. The number of methoxy groups -OCH3 is 2. The fourth-order valence-electron chi connectivity index (χ4n) is 8.36. The molecule has 1 saturated carbocycles. The first kappa shape index (κ1) is 68.1. The van der Waals surface area contributed by atoms with E-state index in [9.17, 15) is 9.18 Å². The highest BCUT2D eigenvalue weighted by Crippen LogP contribution is 2.33. The molecule has 3 atom stereocenters. The Labute approximate surface area is 424 Å². The summed E-state index contributed by atoms with van der Waals surface area (Å²) >= 11 is 0. The Hall–Kier alpha value is -4.00. The highest BCUT2D eigenvalue weighted by atomic mass is 19.1. The molecule has 8 N–H and O–H groups in total. The lowest BCUT2D eigenvalue weighted by Gasteiger charge is -2.38. The number of benzene rings is 1. The zero-order valence-electron chi connectivity index (χ0n) is 45.7. The summed E-state index contributed by atoms with van der Waals surface area (Å²) < 4.78 is 23.9. The number of piperidine rings is 3. The number of likely N-dealkylation sites (tertiary alicyclic amines) is 2. The van der Waals surface area contributed by atoms with Crippen LogP contribution in [0.2, 0.25) is 0 Å². The van der Waals surface area contributed by atoms with Crippen LogP contribution in [0.15, 0.2) is 49.8 Å². The molecule has 0 bridgehead atoms. The first-order chi connectivity index (χ1) is 33.9. The Bertz CT molecular complexity index is 1620. The van der Waals surface area contributed by atoms with Crippen LogP contribution in [0.3, 0.4) is 0 Å². The molecular formula is C54H100FN9O6. The minimum Gasteiger partial charge on any atom is -0.400 e. The number of nitrogens with zero attached hydrogens (tertiary/aromatic N) is 5. The predicted molar refractivity (Wildman–Crippen MR) is 293 cm³/mol. The normalized spacial score (nSPS) is 18.8. The van der Waals surface area contributed by atoms with Crippen LogP contribution in [0.4, 0.5) is 21.8 Å². The molecular weight excluding hydrogens is 890 g/mol. The first-order valence-corrected chi connectivity index (χ1v) is 25.5. The largest absolute Gasteiger partial charge is 0.400 e. The summed E-state index contributed by atoms with van der Waals surface area (Å²) in [5.74, 6) is 3.93. The molecule has 70 heavy (non-hydrogen) atoms. The summed E-state index contributed by atoms with van der Waals surface area (Å²) in [4.78, 5) is 27.1. The van der Waals surface area contributed by atoms with Crippen molar-refractivity contribution >= 4 is 29.8 Å². The van der Waals surface area contributed by atoms with E-state index in [1.807, 2.05) is 40.2 Å². The smallest absolute Gasteiger partial charge is 0.224 e. The first-order valence-electron chi connectivity index (χ1n) is 25.5. The highest BCUT2D eigenvalue weighted by molar-refractivity contribution is 5.79. The molecule has 4 aliphatic rings. The van der Waals surface area contributed by atoms with Crippen LogP contribution < -0.4 is 26.6 Å². The molecule has 1 aliphatic carbocycles. The summed E-state index contributed by atoms with van der Waals surface area (Å²) in [5.41, 5.74) is 8.78. The fraction of sp³-hybridized carbons (Fsp3) is 0.685. The van der Waals surface area contributed by atoms with Crippen LogP contribution in [0.25, 0.3) is 6.08 Å². The van der Waals surface area contributed by atoms with Gasteiger partial charge in [0.2, 0.25) is 5.95 Å². The van der Waals surface area contributed by atoms with Gasteiger partial charge in [0, 0.05) is 84.5 Å². The molecule has 0 radical (unpaired) electrons. The Morgan fingerprint density at radius 1 is 0.929 bits per heavy atom. The number of nitrogens with two attached hydrogens (primary N) is 1. The number of anilines is 3. The zero-order valence-corrected chi connectivity index (χ0v) is 45.7. The van der Waals surface area contributed by atoms with Gasteiger partial charge in [-0.2, -0.15) is 4.98 Å². The van der Waals surface area contributed by atoms with E-state index in [1.165, 1.54) is 64.2 Å². The third-order valence-corrected chi connectivity index (χ3v) is 12.8. The summed E-state index contributed by atoms with van der Waals surface area (Å²) in [6.07, 6.45) is 23.8. The number of aliphatic hydroxyl groups is 1. The van der Waals surface area contributed by atoms with Crippen LogP contribution in [-0.2, 0) is 16.1 Å². The van der Waals surface area contributed by atoms with Crippen LogP contribution >= 0.6 is 0 Å². The van der Waals surface area contributed by atoms with Crippen molar-refractivity contribution < 1.29 is 34.3 Å². The lowest BCUT2D eigenvalue weighted by atomic mass is 9.93. The average Bonchev–Trinajstić information content (AvgIpc) is 3.81. The maximum Gasteiger partial charge on any atom is 0.224 e. The maximum absolute atomic E-state index is 14.5. The van der Waals surface area contributed by atoms with E-state index in [0.29, 0.717) is 59.8 Å². The van der Waals surface area contributed by atoms with Crippen molar-refractivity contribution in [3.8, 4) is 0 Å². The van der Waals surface area contributed by atoms with Crippen molar-refractivity contribution in [2.45, 2.75) is 124 Å². The Morgan fingerprint density at radius 2 is 1.53 bits per heavy atom. The number of carbonyl (C=O) groups is 1. The fourth-order valence-corrected chi connectivity index (χ4v) is 8.36.